The molecule has 2 aromatic carbocycles. The molecule has 0 bridgehead atoms. The number of carbonyl (C=O) groups is 1. The minimum absolute atomic E-state index is 0.232. The molecule has 128 valence electrons. The second kappa shape index (κ2) is 6.81. The molecule has 0 saturated heterocycles. The number of rotatable bonds is 4. The third kappa shape index (κ3) is 3.55. The normalized spacial score (nSPS) is 10.7. The van der Waals surface area contributed by atoms with Crippen molar-refractivity contribution in [1.29, 1.82) is 0 Å². The maximum absolute atomic E-state index is 12.4. The van der Waals surface area contributed by atoms with Gasteiger partial charge in [0.25, 0.3) is 5.91 Å². The Morgan fingerprint density at radius 3 is 2.64 bits per heavy atom. The zero-order valence-corrected chi connectivity index (χ0v) is 14.4. The van der Waals surface area contributed by atoms with E-state index in [0.717, 1.165) is 22.1 Å². The van der Waals surface area contributed by atoms with Crippen molar-refractivity contribution in [2.75, 3.05) is 7.11 Å². The fourth-order valence-corrected chi connectivity index (χ4v) is 2.67. The van der Waals surface area contributed by atoms with Crippen molar-refractivity contribution in [3.8, 4) is 5.75 Å². The fraction of sp³-hybridized carbons (Fsp3) is 0.200. The van der Waals surface area contributed by atoms with Crippen LogP contribution in [0.2, 0.25) is 0 Å². The lowest BCUT2D eigenvalue weighted by Crippen LogP contribution is -2.23. The van der Waals surface area contributed by atoms with Crippen LogP contribution >= 0.6 is 0 Å². The number of carbonyl (C=O) groups excluding carboxylic acids is 1. The molecule has 1 heterocycles. The summed E-state index contributed by atoms with van der Waals surface area (Å²) < 4.78 is 10.4. The zero-order valence-electron chi connectivity index (χ0n) is 14.4. The Morgan fingerprint density at radius 2 is 1.88 bits per heavy atom. The number of benzene rings is 2. The van der Waals surface area contributed by atoms with Gasteiger partial charge in [-0.3, -0.25) is 4.79 Å². The van der Waals surface area contributed by atoms with Crippen LogP contribution in [0.1, 0.15) is 27.0 Å². The molecule has 25 heavy (non-hydrogen) atoms. The smallest absolute Gasteiger partial charge is 0.336 e. The van der Waals surface area contributed by atoms with Crippen LogP contribution < -0.4 is 15.7 Å². The van der Waals surface area contributed by atoms with Crippen molar-refractivity contribution in [3.05, 3.63) is 75.1 Å². The number of nitrogens with one attached hydrogen (secondary N) is 1. The summed E-state index contributed by atoms with van der Waals surface area (Å²) >= 11 is 0. The number of aryl methyl sites for hydroxylation is 2. The Balaban J connectivity index is 1.89. The first kappa shape index (κ1) is 16.8. The maximum atomic E-state index is 12.4. The molecule has 0 atom stereocenters. The first-order chi connectivity index (χ1) is 12.0. The summed E-state index contributed by atoms with van der Waals surface area (Å²) in [4.78, 5) is 24.2. The first-order valence-corrected chi connectivity index (χ1v) is 7.94. The molecule has 0 saturated carbocycles. The van der Waals surface area contributed by atoms with Crippen LogP contribution in [0.3, 0.4) is 0 Å². The van der Waals surface area contributed by atoms with Crippen molar-refractivity contribution in [2.45, 2.75) is 20.4 Å². The summed E-state index contributed by atoms with van der Waals surface area (Å²) in [6.07, 6.45) is 0. The van der Waals surface area contributed by atoms with Gasteiger partial charge in [-0.15, -0.1) is 0 Å². The highest BCUT2D eigenvalue weighted by Crippen LogP contribution is 2.21. The molecule has 0 aliphatic rings. The first-order valence-electron chi connectivity index (χ1n) is 7.94. The molecule has 1 N–H and O–H groups in total. The number of methoxy groups -OCH3 is 1. The summed E-state index contributed by atoms with van der Waals surface area (Å²) in [5.74, 6) is 0.383. The van der Waals surface area contributed by atoms with Gasteiger partial charge in [0.15, 0.2) is 0 Å². The Kier molecular flexibility index (Phi) is 4.57. The third-order valence-electron chi connectivity index (χ3n) is 4.22. The predicted molar refractivity (Wildman–Crippen MR) is 96.1 cm³/mol. The summed E-state index contributed by atoms with van der Waals surface area (Å²) in [5.41, 5.74) is 3.47. The second-order valence-corrected chi connectivity index (χ2v) is 5.94. The van der Waals surface area contributed by atoms with Gasteiger partial charge >= 0.3 is 5.63 Å². The molecule has 5 nitrogen and oxygen atoms in total. The van der Waals surface area contributed by atoms with Gasteiger partial charge in [0.1, 0.15) is 11.3 Å². The van der Waals surface area contributed by atoms with Gasteiger partial charge in [-0.05, 0) is 60.9 Å². The number of amides is 1. The van der Waals surface area contributed by atoms with Crippen molar-refractivity contribution in [1.82, 2.24) is 5.32 Å². The molecule has 0 aliphatic carbocycles. The Bertz CT molecular complexity index is 1000. The van der Waals surface area contributed by atoms with Crippen molar-refractivity contribution in [3.63, 3.8) is 0 Å². The third-order valence-corrected chi connectivity index (χ3v) is 4.22. The van der Waals surface area contributed by atoms with E-state index in [1.54, 1.807) is 31.4 Å². The quantitative estimate of drug-likeness (QED) is 0.741. The molecule has 5 heteroatoms. The summed E-state index contributed by atoms with van der Waals surface area (Å²) in [6, 6.07) is 12.1. The van der Waals surface area contributed by atoms with Crippen LogP contribution in [0.25, 0.3) is 11.0 Å². The molecular weight excluding hydrogens is 318 g/mol. The van der Waals surface area contributed by atoms with E-state index in [1.165, 1.54) is 6.07 Å². The summed E-state index contributed by atoms with van der Waals surface area (Å²) in [7, 11) is 1.55. The van der Waals surface area contributed by atoms with E-state index in [0.29, 0.717) is 16.9 Å². The standard InChI is InChI=1S/C20H19NO4/c1-12-7-17-15(10-19(22)25-18(17)8-13(12)2)11-21-20(23)14-5-4-6-16(9-14)24-3/h4-10H,11H2,1-3H3,(H,21,23). The highest BCUT2D eigenvalue weighted by molar-refractivity contribution is 5.94. The molecule has 0 unspecified atom stereocenters. The topological polar surface area (TPSA) is 68.5 Å². The van der Waals surface area contributed by atoms with Crippen LogP contribution in [-0.4, -0.2) is 13.0 Å². The van der Waals surface area contributed by atoms with E-state index in [1.807, 2.05) is 26.0 Å². The number of hydrogen-bond donors (Lipinski definition) is 1. The van der Waals surface area contributed by atoms with Gasteiger partial charge in [0, 0.05) is 23.6 Å². The molecule has 3 rings (SSSR count). The van der Waals surface area contributed by atoms with E-state index in [2.05, 4.69) is 5.32 Å². The van der Waals surface area contributed by atoms with Gasteiger partial charge in [-0.25, -0.2) is 4.79 Å². The summed E-state index contributed by atoms with van der Waals surface area (Å²) in [6.45, 7) is 4.20. The Labute approximate surface area is 145 Å². The number of hydrogen-bond acceptors (Lipinski definition) is 4. The molecule has 1 amide bonds. The second-order valence-electron chi connectivity index (χ2n) is 5.94. The van der Waals surface area contributed by atoms with Crippen LogP contribution in [-0.2, 0) is 6.54 Å². The van der Waals surface area contributed by atoms with Crippen molar-refractivity contribution < 1.29 is 13.9 Å². The van der Waals surface area contributed by atoms with Gasteiger partial charge in [-0.1, -0.05) is 6.07 Å². The average molecular weight is 337 g/mol. The van der Waals surface area contributed by atoms with E-state index < -0.39 is 5.63 Å². The Morgan fingerprint density at radius 1 is 1.12 bits per heavy atom. The molecule has 1 aromatic heterocycles. The average Bonchev–Trinajstić information content (AvgIpc) is 2.61. The Hall–Kier alpha value is -3.08. The van der Waals surface area contributed by atoms with Crippen molar-refractivity contribution >= 4 is 16.9 Å². The van der Waals surface area contributed by atoms with Gasteiger partial charge in [0.05, 0.1) is 7.11 Å². The number of ether oxygens (including phenoxy) is 1. The van der Waals surface area contributed by atoms with Gasteiger partial charge < -0.3 is 14.5 Å². The maximum Gasteiger partial charge on any atom is 0.336 e. The minimum Gasteiger partial charge on any atom is -0.497 e. The van der Waals surface area contributed by atoms with Gasteiger partial charge in [-0.2, -0.15) is 0 Å². The lowest BCUT2D eigenvalue weighted by molar-refractivity contribution is 0.0950. The largest absolute Gasteiger partial charge is 0.497 e. The summed E-state index contributed by atoms with van der Waals surface area (Å²) in [5, 5.41) is 3.67. The lowest BCUT2D eigenvalue weighted by atomic mass is 10.0. The van der Waals surface area contributed by atoms with Crippen LogP contribution in [0.4, 0.5) is 0 Å². The van der Waals surface area contributed by atoms with Gasteiger partial charge in [0.2, 0.25) is 0 Å². The monoisotopic (exact) mass is 337 g/mol. The van der Waals surface area contributed by atoms with Crippen LogP contribution in [0.15, 0.2) is 51.7 Å². The zero-order chi connectivity index (χ0) is 18.0. The predicted octanol–water partition coefficient (Wildman–Crippen LogP) is 3.35. The van der Waals surface area contributed by atoms with Crippen molar-refractivity contribution in [2.24, 2.45) is 0 Å². The van der Waals surface area contributed by atoms with E-state index in [9.17, 15) is 9.59 Å². The fourth-order valence-electron chi connectivity index (χ4n) is 2.67. The molecule has 3 aromatic rings. The van der Waals surface area contributed by atoms with E-state index >= 15 is 0 Å². The van der Waals surface area contributed by atoms with Crippen LogP contribution in [0, 0.1) is 13.8 Å². The number of fused-ring (bicyclic) bond motifs is 1. The lowest BCUT2D eigenvalue weighted by Gasteiger charge is -2.10. The van der Waals surface area contributed by atoms with Crippen LogP contribution in [0.5, 0.6) is 5.75 Å². The molecule has 0 spiro atoms. The molecule has 0 aliphatic heterocycles. The highest BCUT2D eigenvalue weighted by Gasteiger charge is 2.11. The van der Waals surface area contributed by atoms with E-state index in [-0.39, 0.29) is 12.5 Å². The highest BCUT2D eigenvalue weighted by atomic mass is 16.5. The molecule has 0 fully saturated rings. The van der Waals surface area contributed by atoms with E-state index in [4.69, 9.17) is 9.15 Å². The minimum atomic E-state index is -0.429. The SMILES string of the molecule is COc1cccc(C(=O)NCc2cc(=O)oc3cc(C)c(C)cc23)c1. The molecule has 0 radical (unpaired) electrons. The molecular formula is C20H19NO4.